The Labute approximate surface area is 251 Å². The number of likely N-dealkylation sites (N-methyl/N-ethyl adjacent to an activating group) is 1. The molecule has 0 aliphatic heterocycles. The Bertz CT molecular complexity index is 1480. The third-order valence-electron chi connectivity index (χ3n) is 7.26. The Balaban J connectivity index is 1.76. The van der Waals surface area contributed by atoms with Gasteiger partial charge in [-0.2, -0.15) is 17.5 Å². The maximum Gasteiger partial charge on any atom is 0.416 e. The molecule has 234 valence electrons. The van der Waals surface area contributed by atoms with E-state index in [0.717, 1.165) is 35.7 Å². The molecule has 43 heavy (non-hydrogen) atoms. The molecule has 0 aromatic heterocycles. The molecule has 3 aromatic rings. The third kappa shape index (κ3) is 10.2. The lowest BCUT2D eigenvalue weighted by atomic mass is 9.95. The Hall–Kier alpha value is -3.25. The zero-order valence-electron chi connectivity index (χ0n) is 24.6. The van der Waals surface area contributed by atoms with E-state index in [9.17, 15) is 31.5 Å². The second-order valence-corrected chi connectivity index (χ2v) is 13.4. The van der Waals surface area contributed by atoms with Gasteiger partial charge in [-0.3, -0.25) is 4.79 Å². The van der Waals surface area contributed by atoms with Gasteiger partial charge in [-0.15, -0.1) is 0 Å². The summed E-state index contributed by atoms with van der Waals surface area (Å²) in [6.45, 7) is 3.72. The third-order valence-corrected chi connectivity index (χ3v) is 9.12. The zero-order valence-corrected chi connectivity index (χ0v) is 25.4. The number of sulfonamides is 1. The molecular formula is C32H39F3N2O5S. The van der Waals surface area contributed by atoms with E-state index in [-0.39, 0.29) is 37.0 Å². The summed E-state index contributed by atoms with van der Waals surface area (Å²) in [6, 6.07) is 19.0. The molecule has 3 aromatic carbocycles. The van der Waals surface area contributed by atoms with E-state index in [1.54, 1.807) is 24.3 Å². The minimum Gasteiger partial charge on any atom is -0.481 e. The molecule has 0 saturated carbocycles. The van der Waals surface area contributed by atoms with Crippen LogP contribution in [0, 0.1) is 0 Å². The first-order valence-corrected chi connectivity index (χ1v) is 15.5. The van der Waals surface area contributed by atoms with E-state index in [1.165, 1.54) is 12.6 Å². The number of aliphatic carboxylic acids is 1. The van der Waals surface area contributed by atoms with Crippen LogP contribution in [0.2, 0.25) is 0 Å². The number of halogens is 3. The number of carboxylic acid groups (broad SMARTS) is 1. The molecule has 1 unspecified atom stereocenters. The van der Waals surface area contributed by atoms with Gasteiger partial charge in [-0.25, -0.2) is 8.42 Å². The van der Waals surface area contributed by atoms with Gasteiger partial charge in [0.2, 0.25) is 10.0 Å². The Morgan fingerprint density at radius 1 is 0.953 bits per heavy atom. The summed E-state index contributed by atoms with van der Waals surface area (Å²) in [5, 5.41) is 23.0. The summed E-state index contributed by atoms with van der Waals surface area (Å²) in [5.74, 6) is -1.01. The van der Waals surface area contributed by atoms with Crippen molar-refractivity contribution < 1.29 is 36.6 Å². The summed E-state index contributed by atoms with van der Waals surface area (Å²) in [6.07, 6.45) is -3.26. The predicted molar refractivity (Wildman–Crippen MR) is 160 cm³/mol. The Morgan fingerprint density at radius 3 is 2.28 bits per heavy atom. The maximum atomic E-state index is 13.7. The number of carboxylic acids is 1. The van der Waals surface area contributed by atoms with E-state index < -0.39 is 38.7 Å². The number of carbonyl (C=O) groups is 1. The molecule has 0 radical (unpaired) electrons. The van der Waals surface area contributed by atoms with Crippen LogP contribution in [0.3, 0.4) is 0 Å². The number of aliphatic hydroxyl groups is 1. The number of rotatable bonds is 15. The fourth-order valence-corrected chi connectivity index (χ4v) is 6.23. The molecule has 0 saturated heterocycles. The summed E-state index contributed by atoms with van der Waals surface area (Å²) in [5.41, 5.74) is 0.750. The average Bonchev–Trinajstić information content (AvgIpc) is 2.95. The number of nitrogens with one attached hydrogen (secondary N) is 1. The summed E-state index contributed by atoms with van der Waals surface area (Å²) in [7, 11) is -3.26. The van der Waals surface area contributed by atoms with Crippen molar-refractivity contribution in [3.8, 4) is 11.1 Å². The van der Waals surface area contributed by atoms with Crippen LogP contribution in [0.25, 0.3) is 11.1 Å². The van der Waals surface area contributed by atoms with Crippen LogP contribution in [0.4, 0.5) is 13.2 Å². The molecule has 7 nitrogen and oxygen atoms in total. The lowest BCUT2D eigenvalue weighted by molar-refractivity contribution is -0.138. The first-order chi connectivity index (χ1) is 20.1. The molecule has 3 rings (SSSR count). The molecule has 0 amide bonds. The van der Waals surface area contributed by atoms with Crippen molar-refractivity contribution in [1.82, 2.24) is 9.62 Å². The maximum absolute atomic E-state index is 13.7. The number of hydrogen-bond donors (Lipinski definition) is 3. The minimum atomic E-state index is -4.78. The second kappa shape index (κ2) is 14.5. The lowest BCUT2D eigenvalue weighted by Gasteiger charge is -2.29. The first kappa shape index (κ1) is 34.2. The SMILES string of the molecule is CN(CC(O)CNC(C)(C)CCCc1ccccc1)S(=O)(=O)c1cc(C(F)(F)F)ccc1-c1cccc(CCC(=O)O)c1. The van der Waals surface area contributed by atoms with Crippen molar-refractivity contribution in [3.05, 3.63) is 89.5 Å². The van der Waals surface area contributed by atoms with Gasteiger partial charge in [0.25, 0.3) is 0 Å². The summed E-state index contributed by atoms with van der Waals surface area (Å²) < 4.78 is 69.1. The van der Waals surface area contributed by atoms with Crippen molar-refractivity contribution in [2.45, 2.75) is 68.7 Å². The van der Waals surface area contributed by atoms with E-state index in [4.69, 9.17) is 5.11 Å². The van der Waals surface area contributed by atoms with Crippen LogP contribution in [-0.2, 0) is 33.8 Å². The lowest BCUT2D eigenvalue weighted by Crippen LogP contribution is -2.46. The Kier molecular flexibility index (Phi) is 11.5. The Morgan fingerprint density at radius 2 is 1.63 bits per heavy atom. The number of β-amino-alcohol motifs (C(OH)–C–C–N with tert-alkyl or cyclic N) is 1. The van der Waals surface area contributed by atoms with E-state index in [1.807, 2.05) is 32.0 Å². The van der Waals surface area contributed by atoms with Gasteiger partial charge in [0.1, 0.15) is 0 Å². The van der Waals surface area contributed by atoms with Gasteiger partial charge in [0, 0.05) is 37.7 Å². The fourth-order valence-electron chi connectivity index (χ4n) is 4.79. The molecule has 0 spiro atoms. The number of benzene rings is 3. The van der Waals surface area contributed by atoms with Crippen LogP contribution in [0.5, 0.6) is 0 Å². The largest absolute Gasteiger partial charge is 0.481 e. The molecule has 1 atom stereocenters. The van der Waals surface area contributed by atoms with Gasteiger partial charge in [0.05, 0.1) is 16.6 Å². The van der Waals surface area contributed by atoms with Crippen LogP contribution in [0.15, 0.2) is 77.7 Å². The first-order valence-electron chi connectivity index (χ1n) is 14.0. The number of aryl methyl sites for hydroxylation is 2. The van der Waals surface area contributed by atoms with E-state index in [0.29, 0.717) is 17.2 Å². The number of nitrogens with zero attached hydrogens (tertiary/aromatic N) is 1. The standard InChI is InChI=1S/C32H39F3N2O5S/c1-31(2,18-8-12-23-9-5-4-6-10-23)36-21-27(38)22-37(3)43(41,42)29-20-26(32(33,34)35)15-16-28(29)25-13-7-11-24(19-25)14-17-30(39)40/h4-7,9-11,13,15-16,19-20,27,36,38H,8,12,14,17-18,21-22H2,1-3H3,(H,39,40). The minimum absolute atomic E-state index is 0.0455. The highest BCUT2D eigenvalue weighted by Crippen LogP contribution is 2.36. The zero-order chi connectivity index (χ0) is 31.8. The molecule has 0 bridgehead atoms. The van der Waals surface area contributed by atoms with Crippen molar-refractivity contribution in [2.75, 3.05) is 20.1 Å². The van der Waals surface area contributed by atoms with E-state index in [2.05, 4.69) is 17.4 Å². The normalized spacial score (nSPS) is 13.3. The smallest absolute Gasteiger partial charge is 0.416 e. The van der Waals surface area contributed by atoms with Gasteiger partial charge in [-0.05, 0) is 68.4 Å². The number of alkyl halides is 3. The molecule has 0 fully saturated rings. The topological polar surface area (TPSA) is 107 Å². The number of hydrogen-bond acceptors (Lipinski definition) is 5. The van der Waals surface area contributed by atoms with E-state index >= 15 is 0 Å². The fraction of sp³-hybridized carbons (Fsp3) is 0.406. The summed E-state index contributed by atoms with van der Waals surface area (Å²) in [4.78, 5) is 10.4. The molecule has 0 heterocycles. The van der Waals surface area contributed by atoms with Crippen molar-refractivity contribution >= 4 is 16.0 Å². The highest BCUT2D eigenvalue weighted by Gasteiger charge is 2.34. The van der Waals surface area contributed by atoms with Crippen molar-refractivity contribution in [3.63, 3.8) is 0 Å². The summed E-state index contributed by atoms with van der Waals surface area (Å²) >= 11 is 0. The van der Waals surface area contributed by atoms with Crippen LogP contribution in [-0.4, -0.2) is 60.7 Å². The highest BCUT2D eigenvalue weighted by molar-refractivity contribution is 7.89. The molecule has 3 N–H and O–H groups in total. The molecule has 11 heteroatoms. The van der Waals surface area contributed by atoms with Crippen LogP contribution in [0.1, 0.15) is 49.8 Å². The van der Waals surface area contributed by atoms with Crippen LogP contribution < -0.4 is 5.32 Å². The highest BCUT2D eigenvalue weighted by atomic mass is 32.2. The molecule has 0 aliphatic rings. The van der Waals surface area contributed by atoms with Crippen molar-refractivity contribution in [1.29, 1.82) is 0 Å². The average molecular weight is 621 g/mol. The number of aliphatic hydroxyl groups excluding tert-OH is 1. The van der Waals surface area contributed by atoms with Gasteiger partial charge >= 0.3 is 12.1 Å². The quantitative estimate of drug-likeness (QED) is 0.200. The molecular weight excluding hydrogens is 581 g/mol. The molecule has 0 aliphatic carbocycles. The van der Waals surface area contributed by atoms with Gasteiger partial charge < -0.3 is 15.5 Å². The van der Waals surface area contributed by atoms with Crippen molar-refractivity contribution in [2.24, 2.45) is 0 Å². The predicted octanol–water partition coefficient (Wildman–Crippen LogP) is 5.76. The van der Waals surface area contributed by atoms with Gasteiger partial charge in [0.15, 0.2) is 0 Å². The second-order valence-electron chi connectivity index (χ2n) is 11.3. The van der Waals surface area contributed by atoms with Crippen LogP contribution >= 0.6 is 0 Å². The monoisotopic (exact) mass is 620 g/mol. The van der Waals surface area contributed by atoms with Gasteiger partial charge in [-0.1, -0.05) is 60.7 Å².